The van der Waals surface area contributed by atoms with E-state index in [1.165, 1.54) is 19.3 Å². The maximum absolute atomic E-state index is 13.1. The summed E-state index contributed by atoms with van der Waals surface area (Å²) in [5.41, 5.74) is 3.21. The van der Waals surface area contributed by atoms with Gasteiger partial charge in [0.2, 0.25) is 11.8 Å². The number of rotatable bonds is 4. The first kappa shape index (κ1) is 17.8. The molecule has 3 N–H and O–H groups in total. The molecular weight excluding hydrogens is 356 g/mol. The smallest absolute Gasteiger partial charge is 0.255 e. The minimum Gasteiger partial charge on any atom is -0.322 e. The molecule has 7 heteroatoms. The molecule has 3 aliphatic heterocycles. The van der Waals surface area contributed by atoms with E-state index in [2.05, 4.69) is 16.0 Å². The van der Waals surface area contributed by atoms with Crippen molar-refractivity contribution in [1.29, 1.82) is 0 Å². The quantitative estimate of drug-likeness (QED) is 0.667. The number of hydrogen-bond acceptors (Lipinski definition) is 5. The molecule has 3 amide bonds. The van der Waals surface area contributed by atoms with Gasteiger partial charge in [-0.05, 0) is 42.2 Å². The zero-order chi connectivity index (χ0) is 19.3. The highest BCUT2D eigenvalue weighted by Gasteiger charge is 2.44. The summed E-state index contributed by atoms with van der Waals surface area (Å²) in [6.45, 7) is 3.37. The number of benzene rings is 1. The van der Waals surface area contributed by atoms with Crippen LogP contribution in [0.3, 0.4) is 0 Å². The van der Waals surface area contributed by atoms with Crippen molar-refractivity contribution in [2.45, 2.75) is 57.3 Å². The maximum Gasteiger partial charge on any atom is 0.255 e. The van der Waals surface area contributed by atoms with E-state index in [1.54, 1.807) is 4.90 Å². The van der Waals surface area contributed by atoms with E-state index in [-0.39, 0.29) is 24.1 Å². The van der Waals surface area contributed by atoms with Crippen molar-refractivity contribution in [1.82, 2.24) is 20.9 Å². The lowest BCUT2D eigenvalue weighted by atomic mass is 9.80. The molecule has 0 bridgehead atoms. The normalized spacial score (nSPS) is 28.4. The summed E-state index contributed by atoms with van der Waals surface area (Å²) >= 11 is 0. The first-order valence-corrected chi connectivity index (χ1v) is 10.2. The number of imide groups is 1. The molecule has 5 rings (SSSR count). The molecule has 2 atom stereocenters. The lowest BCUT2D eigenvalue weighted by Crippen LogP contribution is -2.52. The Morgan fingerprint density at radius 1 is 1.18 bits per heavy atom. The zero-order valence-corrected chi connectivity index (χ0v) is 15.9. The monoisotopic (exact) mass is 382 g/mol. The Morgan fingerprint density at radius 3 is 2.75 bits per heavy atom. The summed E-state index contributed by atoms with van der Waals surface area (Å²) in [7, 11) is 0. The second-order valence-corrected chi connectivity index (χ2v) is 8.78. The molecule has 3 fully saturated rings. The van der Waals surface area contributed by atoms with Crippen LogP contribution in [-0.2, 0) is 22.7 Å². The van der Waals surface area contributed by atoms with Crippen molar-refractivity contribution in [3.63, 3.8) is 0 Å². The Bertz CT molecular complexity index is 848. The van der Waals surface area contributed by atoms with E-state index in [4.69, 9.17) is 0 Å². The molecule has 1 aromatic carbocycles. The summed E-state index contributed by atoms with van der Waals surface area (Å²) in [6.07, 6.45) is 4.34. The summed E-state index contributed by atoms with van der Waals surface area (Å²) in [6, 6.07) is 5.91. The molecule has 0 aromatic heterocycles. The highest BCUT2D eigenvalue weighted by atomic mass is 16.2. The standard InChI is InChI=1S/C21H26N4O3/c26-17-5-4-16(19(27)24-17)25-10-14-3-1-2-13(18(14)20(25)28)9-23-15-6-7-21(8-15)11-22-12-21/h1-3,15-16,22-23H,4-12H2,(H,24,26,27). The summed E-state index contributed by atoms with van der Waals surface area (Å²) < 4.78 is 0. The molecule has 2 saturated heterocycles. The Morgan fingerprint density at radius 2 is 2.04 bits per heavy atom. The van der Waals surface area contributed by atoms with E-state index in [0.717, 1.165) is 29.8 Å². The van der Waals surface area contributed by atoms with E-state index >= 15 is 0 Å². The van der Waals surface area contributed by atoms with Gasteiger partial charge in [0, 0.05) is 44.2 Å². The lowest BCUT2D eigenvalue weighted by molar-refractivity contribution is -0.136. The first-order valence-electron chi connectivity index (χ1n) is 10.2. The second-order valence-electron chi connectivity index (χ2n) is 8.78. The van der Waals surface area contributed by atoms with Crippen LogP contribution in [0, 0.1) is 5.41 Å². The average molecular weight is 382 g/mol. The van der Waals surface area contributed by atoms with Crippen molar-refractivity contribution in [2.24, 2.45) is 5.41 Å². The number of amides is 3. The van der Waals surface area contributed by atoms with Crippen molar-refractivity contribution in [2.75, 3.05) is 13.1 Å². The maximum atomic E-state index is 13.1. The van der Waals surface area contributed by atoms with Crippen LogP contribution in [0.4, 0.5) is 0 Å². The second kappa shape index (κ2) is 6.67. The Hall–Kier alpha value is -2.25. The van der Waals surface area contributed by atoms with E-state index in [1.807, 2.05) is 18.2 Å². The largest absolute Gasteiger partial charge is 0.322 e. The van der Waals surface area contributed by atoms with Crippen LogP contribution in [0.25, 0.3) is 0 Å². The first-order chi connectivity index (χ1) is 13.5. The van der Waals surface area contributed by atoms with Gasteiger partial charge in [-0.3, -0.25) is 19.7 Å². The fourth-order valence-corrected chi connectivity index (χ4v) is 5.27. The zero-order valence-electron chi connectivity index (χ0n) is 15.9. The SMILES string of the molecule is O=C1CCC(N2Cc3cccc(CNC4CCC5(CNC5)C4)c3C2=O)C(=O)N1. The Balaban J connectivity index is 1.29. The molecule has 2 unspecified atom stereocenters. The molecule has 0 radical (unpaired) electrons. The van der Waals surface area contributed by atoms with Crippen molar-refractivity contribution in [3.8, 4) is 0 Å². The van der Waals surface area contributed by atoms with Gasteiger partial charge in [-0.2, -0.15) is 0 Å². The number of hydrogen-bond donors (Lipinski definition) is 3. The minimum atomic E-state index is -0.556. The lowest BCUT2D eigenvalue weighted by Gasteiger charge is -2.39. The van der Waals surface area contributed by atoms with E-state index in [0.29, 0.717) is 31.0 Å². The number of carbonyl (C=O) groups is 3. The highest BCUT2D eigenvalue weighted by molar-refractivity contribution is 6.05. The highest BCUT2D eigenvalue weighted by Crippen LogP contribution is 2.41. The van der Waals surface area contributed by atoms with Gasteiger partial charge < -0.3 is 15.5 Å². The predicted octanol–water partition coefficient (Wildman–Crippen LogP) is 0.679. The van der Waals surface area contributed by atoms with Crippen molar-refractivity contribution in [3.05, 3.63) is 34.9 Å². The van der Waals surface area contributed by atoms with Gasteiger partial charge in [0.1, 0.15) is 6.04 Å². The van der Waals surface area contributed by atoms with Gasteiger partial charge in [0.15, 0.2) is 0 Å². The van der Waals surface area contributed by atoms with Crippen LogP contribution in [0.2, 0.25) is 0 Å². The number of carbonyl (C=O) groups excluding carboxylic acids is 3. The van der Waals surface area contributed by atoms with Gasteiger partial charge in [0.05, 0.1) is 0 Å². The molecule has 3 heterocycles. The number of fused-ring (bicyclic) bond motifs is 1. The molecule has 1 saturated carbocycles. The molecule has 7 nitrogen and oxygen atoms in total. The van der Waals surface area contributed by atoms with Crippen LogP contribution >= 0.6 is 0 Å². The molecular formula is C21H26N4O3. The number of piperidine rings is 1. The molecule has 4 aliphatic rings. The molecule has 1 spiro atoms. The van der Waals surface area contributed by atoms with E-state index < -0.39 is 6.04 Å². The summed E-state index contributed by atoms with van der Waals surface area (Å²) in [4.78, 5) is 38.4. The summed E-state index contributed by atoms with van der Waals surface area (Å²) in [5.74, 6) is -0.707. The number of nitrogens with one attached hydrogen (secondary N) is 3. The average Bonchev–Trinajstić information content (AvgIpc) is 3.23. The van der Waals surface area contributed by atoms with Crippen LogP contribution in [-0.4, -0.2) is 47.8 Å². The minimum absolute atomic E-state index is 0.0898. The van der Waals surface area contributed by atoms with Crippen LogP contribution in [0.15, 0.2) is 18.2 Å². The van der Waals surface area contributed by atoms with E-state index in [9.17, 15) is 14.4 Å². The van der Waals surface area contributed by atoms with Crippen molar-refractivity contribution < 1.29 is 14.4 Å². The van der Waals surface area contributed by atoms with Gasteiger partial charge in [-0.1, -0.05) is 18.2 Å². The van der Waals surface area contributed by atoms with Crippen LogP contribution in [0.1, 0.15) is 53.6 Å². The predicted molar refractivity (Wildman–Crippen MR) is 102 cm³/mol. The molecule has 28 heavy (non-hydrogen) atoms. The van der Waals surface area contributed by atoms with Crippen LogP contribution in [0.5, 0.6) is 0 Å². The van der Waals surface area contributed by atoms with Crippen LogP contribution < -0.4 is 16.0 Å². The third-order valence-electron chi connectivity index (χ3n) is 6.92. The third-order valence-corrected chi connectivity index (χ3v) is 6.92. The van der Waals surface area contributed by atoms with Gasteiger partial charge in [0.25, 0.3) is 5.91 Å². The van der Waals surface area contributed by atoms with Gasteiger partial charge in [-0.25, -0.2) is 0 Å². The van der Waals surface area contributed by atoms with Crippen molar-refractivity contribution >= 4 is 17.7 Å². The van der Waals surface area contributed by atoms with Gasteiger partial charge >= 0.3 is 0 Å². The molecule has 148 valence electrons. The Labute approximate surface area is 164 Å². The third kappa shape index (κ3) is 2.93. The fourth-order valence-electron chi connectivity index (χ4n) is 5.27. The molecule has 1 aromatic rings. The number of nitrogens with zero attached hydrogens (tertiary/aromatic N) is 1. The topological polar surface area (TPSA) is 90.5 Å². The Kier molecular flexibility index (Phi) is 4.25. The molecule has 1 aliphatic carbocycles. The fraction of sp³-hybridized carbons (Fsp3) is 0.571. The summed E-state index contributed by atoms with van der Waals surface area (Å²) in [5, 5.41) is 9.41. The van der Waals surface area contributed by atoms with Gasteiger partial charge in [-0.15, -0.1) is 0 Å².